The van der Waals surface area contributed by atoms with Crippen molar-refractivity contribution in [1.29, 1.82) is 0 Å². The van der Waals surface area contributed by atoms with Crippen LogP contribution in [0.2, 0.25) is 0 Å². The van der Waals surface area contributed by atoms with E-state index >= 15 is 0 Å². The van der Waals surface area contributed by atoms with Crippen molar-refractivity contribution in [2.24, 2.45) is 5.92 Å². The Labute approximate surface area is 113 Å². The van der Waals surface area contributed by atoms with Crippen LogP contribution in [0.15, 0.2) is 18.2 Å². The van der Waals surface area contributed by atoms with Crippen molar-refractivity contribution in [1.82, 2.24) is 0 Å². The van der Waals surface area contributed by atoms with E-state index in [0.29, 0.717) is 5.69 Å². The van der Waals surface area contributed by atoms with Gasteiger partial charge in [0.15, 0.2) is 0 Å². The van der Waals surface area contributed by atoms with Crippen molar-refractivity contribution in [3.8, 4) is 0 Å². The molecule has 1 saturated carbocycles. The van der Waals surface area contributed by atoms with E-state index < -0.39 is 11.8 Å². The molecule has 0 aliphatic heterocycles. The van der Waals surface area contributed by atoms with Crippen LogP contribution in [0.3, 0.4) is 0 Å². The maximum atomic E-state index is 13.2. The van der Waals surface area contributed by atoms with Crippen LogP contribution in [0.5, 0.6) is 0 Å². The standard InChI is InChI=1S/C15H20FNO2/c1-10(8-11-4-3-5-11)17-14-7-6-12(16)9-13(14)15(18)19-2/h6-7,9-11,17H,3-5,8H2,1-2H3. The van der Waals surface area contributed by atoms with Crippen LogP contribution < -0.4 is 5.32 Å². The van der Waals surface area contributed by atoms with Gasteiger partial charge in [-0.25, -0.2) is 9.18 Å². The van der Waals surface area contributed by atoms with Crippen LogP contribution in [0.1, 0.15) is 43.0 Å². The first kappa shape index (κ1) is 13.8. The van der Waals surface area contributed by atoms with Crippen LogP contribution >= 0.6 is 0 Å². The molecule has 1 aromatic carbocycles. The first-order valence-electron chi connectivity index (χ1n) is 6.74. The minimum absolute atomic E-state index is 0.253. The summed E-state index contributed by atoms with van der Waals surface area (Å²) in [6, 6.07) is 4.42. The third-order valence-corrected chi connectivity index (χ3v) is 3.70. The van der Waals surface area contributed by atoms with Gasteiger partial charge in [-0.15, -0.1) is 0 Å². The Morgan fingerprint density at radius 2 is 2.26 bits per heavy atom. The summed E-state index contributed by atoms with van der Waals surface area (Å²) < 4.78 is 17.9. The highest BCUT2D eigenvalue weighted by Gasteiger charge is 2.21. The SMILES string of the molecule is COC(=O)c1cc(F)ccc1NC(C)CC1CCC1. The van der Waals surface area contributed by atoms with Crippen LogP contribution in [0, 0.1) is 11.7 Å². The van der Waals surface area contributed by atoms with Crippen molar-refractivity contribution >= 4 is 11.7 Å². The molecule has 1 aliphatic rings. The van der Waals surface area contributed by atoms with E-state index in [1.54, 1.807) is 6.07 Å². The summed E-state index contributed by atoms with van der Waals surface area (Å²) in [5, 5.41) is 3.28. The Morgan fingerprint density at radius 1 is 1.53 bits per heavy atom. The number of hydrogen-bond donors (Lipinski definition) is 1. The van der Waals surface area contributed by atoms with Gasteiger partial charge in [-0.2, -0.15) is 0 Å². The molecule has 0 aromatic heterocycles. The molecular formula is C15H20FNO2. The van der Waals surface area contributed by atoms with Crippen LogP contribution in [-0.4, -0.2) is 19.1 Å². The fraction of sp³-hybridized carbons (Fsp3) is 0.533. The average molecular weight is 265 g/mol. The van der Waals surface area contributed by atoms with Gasteiger partial charge in [0.25, 0.3) is 0 Å². The lowest BCUT2D eigenvalue weighted by molar-refractivity contribution is 0.0601. The summed E-state index contributed by atoms with van der Waals surface area (Å²) in [6.07, 6.45) is 4.98. The quantitative estimate of drug-likeness (QED) is 0.827. The van der Waals surface area contributed by atoms with Crippen molar-refractivity contribution in [2.75, 3.05) is 12.4 Å². The minimum Gasteiger partial charge on any atom is -0.465 e. The molecule has 0 amide bonds. The van der Waals surface area contributed by atoms with E-state index in [-0.39, 0.29) is 11.6 Å². The van der Waals surface area contributed by atoms with Gasteiger partial charge in [-0.3, -0.25) is 0 Å². The second-order valence-electron chi connectivity index (χ2n) is 5.26. The van der Waals surface area contributed by atoms with Gasteiger partial charge in [0.2, 0.25) is 0 Å². The normalized spacial score (nSPS) is 16.6. The fourth-order valence-electron chi connectivity index (χ4n) is 2.47. The third kappa shape index (κ3) is 3.46. The average Bonchev–Trinajstić information content (AvgIpc) is 2.35. The largest absolute Gasteiger partial charge is 0.465 e. The number of ether oxygens (including phenoxy) is 1. The van der Waals surface area contributed by atoms with Gasteiger partial charge in [-0.05, 0) is 37.5 Å². The Morgan fingerprint density at radius 3 is 2.84 bits per heavy atom. The lowest BCUT2D eigenvalue weighted by atomic mass is 9.81. The zero-order valence-corrected chi connectivity index (χ0v) is 11.4. The van der Waals surface area contributed by atoms with Gasteiger partial charge in [0.05, 0.1) is 12.7 Å². The second kappa shape index (κ2) is 6.04. The van der Waals surface area contributed by atoms with Gasteiger partial charge in [0, 0.05) is 11.7 Å². The number of anilines is 1. The molecule has 1 aromatic rings. The van der Waals surface area contributed by atoms with E-state index in [1.165, 1.54) is 38.5 Å². The molecule has 4 heteroatoms. The number of esters is 1. The topological polar surface area (TPSA) is 38.3 Å². The van der Waals surface area contributed by atoms with Crippen molar-refractivity contribution in [3.05, 3.63) is 29.6 Å². The highest BCUT2D eigenvalue weighted by molar-refractivity contribution is 5.95. The molecule has 1 N–H and O–H groups in total. The maximum Gasteiger partial charge on any atom is 0.340 e. The number of nitrogens with one attached hydrogen (secondary N) is 1. The summed E-state index contributed by atoms with van der Waals surface area (Å²) in [5.74, 6) is -0.167. The number of carbonyl (C=O) groups is 1. The van der Waals surface area contributed by atoms with Gasteiger partial charge >= 0.3 is 5.97 Å². The first-order chi connectivity index (χ1) is 9.10. The zero-order chi connectivity index (χ0) is 13.8. The Hall–Kier alpha value is -1.58. The Bertz CT molecular complexity index is 457. The lowest BCUT2D eigenvalue weighted by Gasteiger charge is -2.29. The summed E-state index contributed by atoms with van der Waals surface area (Å²) in [4.78, 5) is 11.6. The fourth-order valence-corrected chi connectivity index (χ4v) is 2.47. The minimum atomic E-state index is -0.516. The molecule has 1 aliphatic carbocycles. The van der Waals surface area contributed by atoms with Gasteiger partial charge < -0.3 is 10.1 Å². The number of methoxy groups -OCH3 is 1. The molecular weight excluding hydrogens is 245 g/mol. The van der Waals surface area contributed by atoms with E-state index in [1.807, 2.05) is 0 Å². The summed E-state index contributed by atoms with van der Waals surface area (Å²) >= 11 is 0. The highest BCUT2D eigenvalue weighted by Crippen LogP contribution is 2.31. The second-order valence-corrected chi connectivity index (χ2v) is 5.26. The molecule has 1 atom stereocenters. The molecule has 0 radical (unpaired) electrons. The monoisotopic (exact) mass is 265 g/mol. The summed E-state index contributed by atoms with van der Waals surface area (Å²) in [6.45, 7) is 2.09. The summed E-state index contributed by atoms with van der Waals surface area (Å²) in [5.41, 5.74) is 0.892. The smallest absolute Gasteiger partial charge is 0.340 e. The maximum absolute atomic E-state index is 13.2. The van der Waals surface area contributed by atoms with Crippen molar-refractivity contribution in [2.45, 2.75) is 38.6 Å². The molecule has 2 rings (SSSR count). The molecule has 1 unspecified atom stereocenters. The van der Waals surface area contributed by atoms with Crippen LogP contribution in [0.25, 0.3) is 0 Å². The van der Waals surface area contributed by atoms with E-state index in [2.05, 4.69) is 17.0 Å². The molecule has 19 heavy (non-hydrogen) atoms. The number of halogens is 1. The van der Waals surface area contributed by atoms with Gasteiger partial charge in [0.1, 0.15) is 5.82 Å². The molecule has 0 spiro atoms. The third-order valence-electron chi connectivity index (χ3n) is 3.70. The zero-order valence-electron chi connectivity index (χ0n) is 11.4. The molecule has 0 saturated heterocycles. The molecule has 104 valence electrons. The van der Waals surface area contributed by atoms with Crippen LogP contribution in [-0.2, 0) is 4.74 Å². The Kier molecular flexibility index (Phi) is 4.40. The van der Waals surface area contributed by atoms with Crippen molar-refractivity contribution in [3.63, 3.8) is 0 Å². The molecule has 0 heterocycles. The molecule has 0 bridgehead atoms. The van der Waals surface area contributed by atoms with E-state index in [4.69, 9.17) is 0 Å². The number of hydrogen-bond acceptors (Lipinski definition) is 3. The number of benzene rings is 1. The van der Waals surface area contributed by atoms with Gasteiger partial charge in [-0.1, -0.05) is 19.3 Å². The number of carbonyl (C=O) groups excluding carboxylic acids is 1. The Balaban J connectivity index is 2.07. The highest BCUT2D eigenvalue weighted by atomic mass is 19.1. The van der Waals surface area contributed by atoms with Crippen molar-refractivity contribution < 1.29 is 13.9 Å². The first-order valence-corrected chi connectivity index (χ1v) is 6.74. The van der Waals surface area contributed by atoms with E-state index in [0.717, 1.165) is 12.3 Å². The predicted octanol–water partition coefficient (Wildman–Crippen LogP) is 3.60. The van der Waals surface area contributed by atoms with E-state index in [9.17, 15) is 9.18 Å². The molecule has 1 fully saturated rings. The molecule has 3 nitrogen and oxygen atoms in total. The number of rotatable bonds is 5. The summed E-state index contributed by atoms with van der Waals surface area (Å²) in [7, 11) is 1.30. The predicted molar refractivity (Wildman–Crippen MR) is 72.8 cm³/mol. The van der Waals surface area contributed by atoms with Crippen LogP contribution in [0.4, 0.5) is 10.1 Å². The lowest BCUT2D eigenvalue weighted by Crippen LogP contribution is -2.24.